The van der Waals surface area contributed by atoms with Crippen LogP contribution in [0.2, 0.25) is 0 Å². The lowest BCUT2D eigenvalue weighted by molar-refractivity contribution is -0.145. The van der Waals surface area contributed by atoms with Crippen molar-refractivity contribution in [2.24, 2.45) is 0 Å². The molecule has 1 amide bonds. The Morgan fingerprint density at radius 3 is 2.45 bits per heavy atom. The molecule has 108 valence electrons. The third-order valence-corrected chi connectivity index (χ3v) is 3.25. The number of nitrogens with zero attached hydrogens (tertiary/aromatic N) is 1. The number of benzene rings is 1. The number of carbonyl (C=O) groups excluding carboxylic acids is 2. The Labute approximate surface area is 115 Å². The van der Waals surface area contributed by atoms with Crippen LogP contribution in [0.25, 0.3) is 0 Å². The van der Waals surface area contributed by atoms with Gasteiger partial charge < -0.3 is 25.0 Å². The van der Waals surface area contributed by atoms with Gasteiger partial charge in [0.15, 0.2) is 0 Å². The number of aliphatic hydroxyl groups excluding tert-OH is 1. The molecule has 20 heavy (non-hydrogen) atoms. The predicted octanol–water partition coefficient (Wildman–Crippen LogP) is -0.154. The average Bonchev–Trinajstić information content (AvgIpc) is 2.79. The standard InChI is InChI=1S/C13H15NO6/c1-20-13(19)8-5-7(15)6-14(8)12(18)11-9(16)3-2-4-10(11)17/h2-4,7-8,15-17H,5-6H2,1H3. The molecule has 0 aliphatic carbocycles. The number of hydrogen-bond acceptors (Lipinski definition) is 6. The molecular weight excluding hydrogens is 266 g/mol. The highest BCUT2D eigenvalue weighted by atomic mass is 16.5. The van der Waals surface area contributed by atoms with Crippen LogP contribution in [0.3, 0.4) is 0 Å². The number of aliphatic hydroxyl groups is 1. The predicted molar refractivity (Wildman–Crippen MR) is 67.2 cm³/mol. The summed E-state index contributed by atoms with van der Waals surface area (Å²) in [6.45, 7) is -0.0631. The molecule has 2 rings (SSSR count). The third kappa shape index (κ3) is 2.39. The number of rotatable bonds is 2. The van der Waals surface area contributed by atoms with E-state index in [-0.39, 0.29) is 30.0 Å². The highest BCUT2D eigenvalue weighted by molar-refractivity contribution is 6.01. The summed E-state index contributed by atoms with van der Waals surface area (Å²) in [5.41, 5.74) is -0.296. The minimum Gasteiger partial charge on any atom is -0.507 e. The summed E-state index contributed by atoms with van der Waals surface area (Å²) in [5, 5.41) is 29.0. The number of β-amino-alcohol motifs (C(OH)–C–C–N with tert-alkyl or cyclic N) is 1. The fraction of sp³-hybridized carbons (Fsp3) is 0.385. The van der Waals surface area contributed by atoms with Crippen molar-refractivity contribution in [2.45, 2.75) is 18.6 Å². The molecule has 0 saturated carbocycles. The Hall–Kier alpha value is -2.28. The molecule has 1 heterocycles. The summed E-state index contributed by atoms with van der Waals surface area (Å²) in [6, 6.07) is 2.97. The van der Waals surface area contributed by atoms with Crippen molar-refractivity contribution in [3.8, 4) is 11.5 Å². The van der Waals surface area contributed by atoms with Gasteiger partial charge in [-0.05, 0) is 12.1 Å². The van der Waals surface area contributed by atoms with E-state index in [1.54, 1.807) is 0 Å². The lowest BCUT2D eigenvalue weighted by Gasteiger charge is -2.23. The Bertz CT molecular complexity index is 523. The number of aromatic hydroxyl groups is 2. The van der Waals surface area contributed by atoms with Crippen molar-refractivity contribution in [1.82, 2.24) is 4.90 Å². The molecule has 7 nitrogen and oxygen atoms in total. The molecule has 1 aromatic rings. The highest BCUT2D eigenvalue weighted by Crippen LogP contribution is 2.30. The maximum absolute atomic E-state index is 12.4. The number of esters is 1. The van der Waals surface area contributed by atoms with Crippen molar-refractivity contribution in [1.29, 1.82) is 0 Å². The summed E-state index contributed by atoms with van der Waals surface area (Å²) in [6.07, 6.45) is -0.789. The Kier molecular flexibility index (Phi) is 3.80. The lowest BCUT2D eigenvalue weighted by Crippen LogP contribution is -2.41. The van der Waals surface area contributed by atoms with Crippen molar-refractivity contribution in [3.05, 3.63) is 23.8 Å². The normalized spacial score (nSPS) is 21.8. The topological polar surface area (TPSA) is 107 Å². The fourth-order valence-corrected chi connectivity index (χ4v) is 2.29. The number of methoxy groups -OCH3 is 1. The second kappa shape index (κ2) is 5.38. The maximum Gasteiger partial charge on any atom is 0.328 e. The van der Waals surface area contributed by atoms with Crippen LogP contribution in [-0.2, 0) is 9.53 Å². The van der Waals surface area contributed by atoms with Gasteiger partial charge >= 0.3 is 5.97 Å². The van der Waals surface area contributed by atoms with Crippen molar-refractivity contribution < 1.29 is 29.6 Å². The fourth-order valence-electron chi connectivity index (χ4n) is 2.29. The number of phenols is 2. The molecule has 0 spiro atoms. The second-order valence-electron chi connectivity index (χ2n) is 4.56. The third-order valence-electron chi connectivity index (χ3n) is 3.25. The van der Waals surface area contributed by atoms with Gasteiger partial charge in [-0.25, -0.2) is 4.79 Å². The quantitative estimate of drug-likeness (QED) is 0.651. The molecule has 3 N–H and O–H groups in total. The van der Waals surface area contributed by atoms with Crippen LogP contribution in [0.1, 0.15) is 16.8 Å². The molecule has 1 aliphatic rings. The van der Waals surface area contributed by atoms with E-state index < -0.39 is 24.0 Å². The minimum atomic E-state index is -0.929. The number of ether oxygens (including phenoxy) is 1. The smallest absolute Gasteiger partial charge is 0.328 e. The largest absolute Gasteiger partial charge is 0.507 e. The van der Waals surface area contributed by atoms with Crippen LogP contribution in [0.15, 0.2) is 18.2 Å². The van der Waals surface area contributed by atoms with Crippen molar-refractivity contribution in [2.75, 3.05) is 13.7 Å². The van der Waals surface area contributed by atoms with E-state index in [1.807, 2.05) is 0 Å². The van der Waals surface area contributed by atoms with E-state index >= 15 is 0 Å². The van der Waals surface area contributed by atoms with E-state index in [9.17, 15) is 24.9 Å². The van der Waals surface area contributed by atoms with Gasteiger partial charge in [0.2, 0.25) is 0 Å². The molecule has 1 aliphatic heterocycles. The monoisotopic (exact) mass is 281 g/mol. The highest BCUT2D eigenvalue weighted by Gasteiger charge is 2.41. The van der Waals surface area contributed by atoms with Gasteiger partial charge in [0.25, 0.3) is 5.91 Å². The Morgan fingerprint density at radius 1 is 1.30 bits per heavy atom. The van der Waals surface area contributed by atoms with E-state index in [1.165, 1.54) is 25.3 Å². The minimum absolute atomic E-state index is 0.0623. The second-order valence-corrected chi connectivity index (χ2v) is 4.56. The van der Waals surface area contributed by atoms with E-state index in [0.29, 0.717) is 0 Å². The number of hydrogen-bond donors (Lipinski definition) is 3. The molecule has 2 unspecified atom stereocenters. The molecule has 0 aromatic heterocycles. The average molecular weight is 281 g/mol. The summed E-state index contributed by atoms with van der Waals surface area (Å²) >= 11 is 0. The molecule has 1 saturated heterocycles. The zero-order chi connectivity index (χ0) is 14.9. The van der Waals surface area contributed by atoms with Crippen LogP contribution >= 0.6 is 0 Å². The summed E-state index contributed by atoms with van der Waals surface area (Å²) in [7, 11) is 1.19. The molecule has 1 fully saturated rings. The first-order valence-electron chi connectivity index (χ1n) is 6.03. The van der Waals surface area contributed by atoms with Crippen LogP contribution in [0.5, 0.6) is 11.5 Å². The van der Waals surface area contributed by atoms with E-state index in [2.05, 4.69) is 4.74 Å². The van der Waals surface area contributed by atoms with Crippen molar-refractivity contribution >= 4 is 11.9 Å². The van der Waals surface area contributed by atoms with Gasteiger partial charge in [-0.1, -0.05) is 6.07 Å². The van der Waals surface area contributed by atoms with Gasteiger partial charge in [-0.15, -0.1) is 0 Å². The first-order valence-corrected chi connectivity index (χ1v) is 6.03. The SMILES string of the molecule is COC(=O)C1CC(O)CN1C(=O)c1c(O)cccc1O. The van der Waals surface area contributed by atoms with Crippen molar-refractivity contribution in [3.63, 3.8) is 0 Å². The van der Waals surface area contributed by atoms with Crippen LogP contribution < -0.4 is 0 Å². The van der Waals surface area contributed by atoms with Gasteiger partial charge in [0.05, 0.1) is 13.2 Å². The molecule has 0 radical (unpaired) electrons. The zero-order valence-electron chi connectivity index (χ0n) is 10.8. The van der Waals surface area contributed by atoms with Crippen LogP contribution in [0.4, 0.5) is 0 Å². The molecule has 7 heteroatoms. The summed E-state index contributed by atoms with van der Waals surface area (Å²) in [4.78, 5) is 25.1. The van der Waals surface area contributed by atoms with Gasteiger partial charge in [-0.3, -0.25) is 4.79 Å². The van der Waals surface area contributed by atoms with Gasteiger partial charge in [-0.2, -0.15) is 0 Å². The number of phenolic OH excluding ortho intramolecular Hbond substituents is 2. The van der Waals surface area contributed by atoms with Crippen LogP contribution in [-0.4, -0.2) is 57.9 Å². The number of carbonyl (C=O) groups is 2. The van der Waals surface area contributed by atoms with Gasteiger partial charge in [0, 0.05) is 13.0 Å². The summed E-state index contributed by atoms with van der Waals surface area (Å²) in [5.74, 6) is -2.16. The Balaban J connectivity index is 2.34. The molecule has 2 atom stereocenters. The zero-order valence-corrected chi connectivity index (χ0v) is 10.8. The number of likely N-dealkylation sites (tertiary alicyclic amines) is 1. The molecule has 1 aromatic carbocycles. The Morgan fingerprint density at radius 2 is 1.90 bits per heavy atom. The summed E-state index contributed by atoms with van der Waals surface area (Å²) < 4.78 is 4.59. The van der Waals surface area contributed by atoms with Crippen LogP contribution in [0, 0.1) is 0 Å². The van der Waals surface area contributed by atoms with E-state index in [0.717, 1.165) is 4.90 Å². The first kappa shape index (κ1) is 14.1. The maximum atomic E-state index is 12.4. The first-order chi connectivity index (χ1) is 9.45. The lowest BCUT2D eigenvalue weighted by atomic mass is 10.1. The van der Waals surface area contributed by atoms with E-state index in [4.69, 9.17) is 0 Å². The molecule has 0 bridgehead atoms. The molecular formula is C13H15NO6. The number of amides is 1. The van der Waals surface area contributed by atoms with Gasteiger partial charge in [0.1, 0.15) is 23.1 Å².